The zero-order valence-electron chi connectivity index (χ0n) is 12.0. The van der Waals surface area contributed by atoms with Gasteiger partial charge in [0.2, 0.25) is 0 Å². The molecule has 2 atom stereocenters. The zero-order valence-corrected chi connectivity index (χ0v) is 12.0. The molecule has 2 aliphatic rings. The van der Waals surface area contributed by atoms with Gasteiger partial charge in [-0.05, 0) is 45.4 Å². The minimum atomic E-state index is -0.371. The van der Waals surface area contributed by atoms with Crippen molar-refractivity contribution in [2.45, 2.75) is 59.8 Å². The number of hydrogen-bond donors (Lipinski definition) is 0. The van der Waals surface area contributed by atoms with Crippen LogP contribution in [0.15, 0.2) is 11.1 Å². The Hall–Kier alpha value is -0.920. The summed E-state index contributed by atoms with van der Waals surface area (Å²) < 4.78 is 0. The standard InChI is InChI=1S/C16H24O2/c1-10(2)12-8-9-16(4,11(12)3)15(18)13-6-5-7-14(13)17/h10,13H,5-9H2,1-4H3. The molecule has 2 aliphatic carbocycles. The van der Waals surface area contributed by atoms with Crippen LogP contribution in [0.2, 0.25) is 0 Å². The largest absolute Gasteiger partial charge is 0.299 e. The Bertz CT molecular complexity index is 417. The second-order valence-corrected chi connectivity index (χ2v) is 6.41. The maximum Gasteiger partial charge on any atom is 0.153 e. The highest BCUT2D eigenvalue weighted by Gasteiger charge is 2.46. The second kappa shape index (κ2) is 4.64. The molecule has 2 rings (SSSR count). The topological polar surface area (TPSA) is 34.1 Å². The fourth-order valence-corrected chi connectivity index (χ4v) is 3.62. The van der Waals surface area contributed by atoms with Gasteiger partial charge in [-0.2, -0.15) is 0 Å². The minimum absolute atomic E-state index is 0.173. The van der Waals surface area contributed by atoms with Crippen LogP contribution in [-0.2, 0) is 9.59 Å². The summed E-state index contributed by atoms with van der Waals surface area (Å²) >= 11 is 0. The van der Waals surface area contributed by atoms with Crippen LogP contribution in [0.25, 0.3) is 0 Å². The van der Waals surface area contributed by atoms with E-state index in [1.54, 1.807) is 0 Å². The molecule has 0 aromatic carbocycles. The van der Waals surface area contributed by atoms with Gasteiger partial charge in [0, 0.05) is 11.8 Å². The Labute approximate surface area is 110 Å². The second-order valence-electron chi connectivity index (χ2n) is 6.41. The van der Waals surface area contributed by atoms with Gasteiger partial charge in [-0.1, -0.05) is 25.0 Å². The van der Waals surface area contributed by atoms with Crippen LogP contribution in [0, 0.1) is 17.3 Å². The van der Waals surface area contributed by atoms with E-state index in [1.807, 2.05) is 6.92 Å². The van der Waals surface area contributed by atoms with Gasteiger partial charge in [0.25, 0.3) is 0 Å². The lowest BCUT2D eigenvalue weighted by Crippen LogP contribution is -2.34. The third-order valence-electron chi connectivity index (χ3n) is 5.07. The lowest BCUT2D eigenvalue weighted by molar-refractivity contribution is -0.135. The smallest absolute Gasteiger partial charge is 0.153 e. The Balaban J connectivity index is 2.27. The highest BCUT2D eigenvalue weighted by molar-refractivity contribution is 6.07. The van der Waals surface area contributed by atoms with E-state index in [0.29, 0.717) is 12.3 Å². The van der Waals surface area contributed by atoms with Crippen molar-refractivity contribution < 1.29 is 9.59 Å². The van der Waals surface area contributed by atoms with E-state index < -0.39 is 0 Å². The van der Waals surface area contributed by atoms with Gasteiger partial charge in [0.15, 0.2) is 5.78 Å². The van der Waals surface area contributed by atoms with Crippen molar-refractivity contribution in [3.63, 3.8) is 0 Å². The van der Waals surface area contributed by atoms with Crippen molar-refractivity contribution in [3.8, 4) is 0 Å². The number of rotatable bonds is 3. The summed E-state index contributed by atoms with van der Waals surface area (Å²) in [5, 5.41) is 0. The number of carbonyl (C=O) groups excluding carboxylic acids is 2. The molecule has 0 saturated heterocycles. The van der Waals surface area contributed by atoms with Crippen molar-refractivity contribution in [1.82, 2.24) is 0 Å². The lowest BCUT2D eigenvalue weighted by atomic mass is 9.74. The maximum absolute atomic E-state index is 12.7. The molecule has 0 spiro atoms. The molecule has 2 heteroatoms. The number of allylic oxidation sites excluding steroid dienone is 2. The number of ketones is 2. The van der Waals surface area contributed by atoms with Crippen LogP contribution in [0.4, 0.5) is 0 Å². The first-order chi connectivity index (χ1) is 8.38. The first-order valence-electron chi connectivity index (χ1n) is 7.15. The molecule has 2 nitrogen and oxygen atoms in total. The van der Waals surface area contributed by atoms with Crippen molar-refractivity contribution >= 4 is 11.6 Å². The highest BCUT2D eigenvalue weighted by atomic mass is 16.2. The molecule has 0 aliphatic heterocycles. The van der Waals surface area contributed by atoms with Crippen LogP contribution in [0.3, 0.4) is 0 Å². The summed E-state index contributed by atoms with van der Waals surface area (Å²) in [6.07, 6.45) is 4.19. The van der Waals surface area contributed by atoms with E-state index in [2.05, 4.69) is 20.8 Å². The third-order valence-corrected chi connectivity index (χ3v) is 5.07. The molecule has 0 amide bonds. The summed E-state index contributed by atoms with van der Waals surface area (Å²) in [7, 11) is 0. The van der Waals surface area contributed by atoms with Crippen molar-refractivity contribution in [3.05, 3.63) is 11.1 Å². The van der Waals surface area contributed by atoms with Crippen LogP contribution in [-0.4, -0.2) is 11.6 Å². The number of hydrogen-bond acceptors (Lipinski definition) is 2. The number of Topliss-reactive ketones (excluding diaryl/α,β-unsaturated/α-hetero) is 2. The fourth-order valence-electron chi connectivity index (χ4n) is 3.62. The average Bonchev–Trinajstić information content (AvgIpc) is 2.84. The molecular formula is C16H24O2. The molecule has 0 N–H and O–H groups in total. The van der Waals surface area contributed by atoms with Crippen molar-refractivity contribution in [2.75, 3.05) is 0 Å². The molecule has 0 heterocycles. The Morgan fingerprint density at radius 2 is 2.00 bits per heavy atom. The average molecular weight is 248 g/mol. The molecule has 2 unspecified atom stereocenters. The molecular weight excluding hydrogens is 224 g/mol. The maximum atomic E-state index is 12.7. The first-order valence-corrected chi connectivity index (χ1v) is 7.15. The van der Waals surface area contributed by atoms with Crippen LogP contribution >= 0.6 is 0 Å². The zero-order chi connectivity index (χ0) is 13.5. The van der Waals surface area contributed by atoms with E-state index in [1.165, 1.54) is 11.1 Å². The molecule has 0 aromatic heterocycles. The monoisotopic (exact) mass is 248 g/mol. The summed E-state index contributed by atoms with van der Waals surface area (Å²) in [5.41, 5.74) is 2.29. The van der Waals surface area contributed by atoms with Gasteiger partial charge in [-0.15, -0.1) is 0 Å². The lowest BCUT2D eigenvalue weighted by Gasteiger charge is -2.27. The summed E-state index contributed by atoms with van der Waals surface area (Å²) in [6, 6.07) is 0. The fraction of sp³-hybridized carbons (Fsp3) is 0.750. The third kappa shape index (κ3) is 1.96. The van der Waals surface area contributed by atoms with Crippen molar-refractivity contribution in [2.24, 2.45) is 17.3 Å². The number of carbonyl (C=O) groups is 2. The predicted octanol–water partition coefficient (Wildman–Crippen LogP) is 3.70. The Morgan fingerprint density at radius 3 is 2.44 bits per heavy atom. The van der Waals surface area contributed by atoms with Gasteiger partial charge in [-0.3, -0.25) is 9.59 Å². The van der Waals surface area contributed by atoms with E-state index in [0.717, 1.165) is 25.7 Å². The first kappa shape index (κ1) is 13.5. The quantitative estimate of drug-likeness (QED) is 0.564. The van der Waals surface area contributed by atoms with Gasteiger partial charge in [0.1, 0.15) is 5.78 Å². The SMILES string of the molecule is CC1=C(C(C)C)CCC1(C)C(=O)C1CCCC1=O. The highest BCUT2D eigenvalue weighted by Crippen LogP contribution is 2.48. The minimum Gasteiger partial charge on any atom is -0.299 e. The molecule has 1 fully saturated rings. The molecule has 18 heavy (non-hydrogen) atoms. The van der Waals surface area contributed by atoms with Gasteiger partial charge >= 0.3 is 0 Å². The summed E-state index contributed by atoms with van der Waals surface area (Å²) in [4.78, 5) is 24.5. The molecule has 100 valence electrons. The molecule has 0 bridgehead atoms. The Morgan fingerprint density at radius 1 is 1.33 bits per heavy atom. The molecule has 1 saturated carbocycles. The molecule has 0 aromatic rings. The van der Waals surface area contributed by atoms with E-state index in [-0.39, 0.29) is 22.9 Å². The van der Waals surface area contributed by atoms with Crippen LogP contribution in [0.5, 0.6) is 0 Å². The van der Waals surface area contributed by atoms with Crippen molar-refractivity contribution in [1.29, 1.82) is 0 Å². The van der Waals surface area contributed by atoms with Gasteiger partial charge in [0.05, 0.1) is 5.92 Å². The van der Waals surface area contributed by atoms with E-state index in [4.69, 9.17) is 0 Å². The normalized spacial score (nSPS) is 32.7. The summed E-state index contributed by atoms with van der Waals surface area (Å²) in [5.74, 6) is 0.570. The summed E-state index contributed by atoms with van der Waals surface area (Å²) in [6.45, 7) is 8.52. The van der Waals surface area contributed by atoms with Gasteiger partial charge < -0.3 is 0 Å². The van der Waals surface area contributed by atoms with E-state index >= 15 is 0 Å². The predicted molar refractivity (Wildman–Crippen MR) is 72.2 cm³/mol. The Kier molecular flexibility index (Phi) is 3.48. The van der Waals surface area contributed by atoms with Crippen LogP contribution in [0.1, 0.15) is 59.8 Å². The van der Waals surface area contributed by atoms with Crippen LogP contribution < -0.4 is 0 Å². The van der Waals surface area contributed by atoms with Gasteiger partial charge in [-0.25, -0.2) is 0 Å². The molecule has 0 radical (unpaired) electrons. The van der Waals surface area contributed by atoms with E-state index in [9.17, 15) is 9.59 Å².